The Kier molecular flexibility index (Phi) is 4.08. The SMILES string of the molecule is Cc1nn(C)c(Sc2ncco2)c1CNC(C)C. The van der Waals surface area contributed by atoms with Crippen LogP contribution in [0.5, 0.6) is 0 Å². The lowest BCUT2D eigenvalue weighted by molar-refractivity contribution is 0.453. The fraction of sp³-hybridized carbons (Fsp3) is 0.500. The van der Waals surface area contributed by atoms with Crippen molar-refractivity contribution in [1.29, 1.82) is 0 Å². The first-order valence-electron chi connectivity index (χ1n) is 5.91. The van der Waals surface area contributed by atoms with Gasteiger partial charge in [0.15, 0.2) is 0 Å². The molecule has 0 aromatic carbocycles. The summed E-state index contributed by atoms with van der Waals surface area (Å²) in [7, 11) is 1.94. The van der Waals surface area contributed by atoms with Crippen molar-refractivity contribution < 1.29 is 4.42 Å². The molecule has 6 heteroatoms. The Bertz CT molecular complexity index is 504. The number of aromatic nitrogens is 3. The van der Waals surface area contributed by atoms with Crippen LogP contribution in [0.3, 0.4) is 0 Å². The van der Waals surface area contributed by atoms with E-state index in [0.717, 1.165) is 17.3 Å². The van der Waals surface area contributed by atoms with Crippen molar-refractivity contribution in [3.05, 3.63) is 23.7 Å². The van der Waals surface area contributed by atoms with E-state index in [9.17, 15) is 0 Å². The van der Waals surface area contributed by atoms with Gasteiger partial charge in [0.2, 0.25) is 0 Å². The van der Waals surface area contributed by atoms with Crippen molar-refractivity contribution >= 4 is 11.8 Å². The molecule has 5 nitrogen and oxygen atoms in total. The molecule has 0 fully saturated rings. The van der Waals surface area contributed by atoms with Gasteiger partial charge in [-0.25, -0.2) is 4.98 Å². The van der Waals surface area contributed by atoms with E-state index in [2.05, 4.69) is 29.2 Å². The zero-order valence-corrected chi connectivity index (χ0v) is 11.9. The number of hydrogen-bond acceptors (Lipinski definition) is 5. The molecule has 98 valence electrons. The summed E-state index contributed by atoms with van der Waals surface area (Å²) in [6, 6.07) is 0.448. The van der Waals surface area contributed by atoms with Crippen LogP contribution in [0, 0.1) is 6.92 Å². The molecule has 0 radical (unpaired) electrons. The standard InChI is InChI=1S/C12H18N4OS/c1-8(2)14-7-10-9(3)15-16(4)11(10)18-12-13-5-6-17-12/h5-6,8,14H,7H2,1-4H3. The Morgan fingerprint density at radius 1 is 1.50 bits per heavy atom. The zero-order valence-electron chi connectivity index (χ0n) is 11.1. The first-order valence-corrected chi connectivity index (χ1v) is 6.72. The molecule has 2 aromatic rings. The molecule has 2 heterocycles. The average Bonchev–Trinajstić information content (AvgIpc) is 2.87. The number of rotatable bonds is 5. The highest BCUT2D eigenvalue weighted by atomic mass is 32.2. The predicted octanol–water partition coefficient (Wildman–Crippen LogP) is 2.37. The second kappa shape index (κ2) is 5.58. The van der Waals surface area contributed by atoms with Crippen LogP contribution in [0.1, 0.15) is 25.1 Å². The van der Waals surface area contributed by atoms with Crippen molar-refractivity contribution in [3.8, 4) is 0 Å². The van der Waals surface area contributed by atoms with E-state index < -0.39 is 0 Å². The Hall–Kier alpha value is -1.27. The monoisotopic (exact) mass is 266 g/mol. The van der Waals surface area contributed by atoms with Crippen LogP contribution in [0.4, 0.5) is 0 Å². The van der Waals surface area contributed by atoms with Gasteiger partial charge >= 0.3 is 0 Å². The third-order valence-electron chi connectivity index (χ3n) is 2.57. The van der Waals surface area contributed by atoms with Gasteiger partial charge in [-0.3, -0.25) is 4.68 Å². The minimum absolute atomic E-state index is 0.448. The molecule has 0 unspecified atom stereocenters. The van der Waals surface area contributed by atoms with Crippen molar-refractivity contribution in [2.24, 2.45) is 7.05 Å². The smallest absolute Gasteiger partial charge is 0.261 e. The highest BCUT2D eigenvalue weighted by Crippen LogP contribution is 2.30. The van der Waals surface area contributed by atoms with E-state index in [1.807, 2.05) is 18.7 Å². The normalized spacial score (nSPS) is 11.4. The average molecular weight is 266 g/mol. The zero-order chi connectivity index (χ0) is 13.1. The second-order valence-corrected chi connectivity index (χ2v) is 5.37. The quantitative estimate of drug-likeness (QED) is 0.900. The molecule has 0 aliphatic carbocycles. The van der Waals surface area contributed by atoms with E-state index in [0.29, 0.717) is 11.3 Å². The lowest BCUT2D eigenvalue weighted by atomic mass is 10.2. The molecule has 0 aliphatic heterocycles. The van der Waals surface area contributed by atoms with Gasteiger partial charge in [0.1, 0.15) is 11.3 Å². The molecule has 0 spiro atoms. The Balaban J connectivity index is 2.22. The van der Waals surface area contributed by atoms with Gasteiger partial charge in [0, 0.05) is 25.2 Å². The number of hydrogen-bond donors (Lipinski definition) is 1. The summed E-state index contributed by atoms with van der Waals surface area (Å²) in [5, 5.41) is 9.59. The first-order chi connectivity index (χ1) is 8.58. The van der Waals surface area contributed by atoms with Crippen LogP contribution in [-0.4, -0.2) is 20.8 Å². The topological polar surface area (TPSA) is 55.9 Å². The molecule has 2 rings (SSSR count). The summed E-state index contributed by atoms with van der Waals surface area (Å²) < 4.78 is 7.15. The minimum Gasteiger partial charge on any atom is -0.440 e. The number of nitrogens with zero attached hydrogens (tertiary/aromatic N) is 3. The van der Waals surface area contributed by atoms with Crippen LogP contribution in [0.2, 0.25) is 0 Å². The van der Waals surface area contributed by atoms with E-state index >= 15 is 0 Å². The van der Waals surface area contributed by atoms with Gasteiger partial charge < -0.3 is 9.73 Å². The van der Waals surface area contributed by atoms with E-state index in [4.69, 9.17) is 4.42 Å². The summed E-state index contributed by atoms with van der Waals surface area (Å²) in [4.78, 5) is 4.13. The lowest BCUT2D eigenvalue weighted by Crippen LogP contribution is -2.22. The molecule has 0 atom stereocenters. The molecule has 1 N–H and O–H groups in total. The molecular formula is C12H18N4OS. The maximum absolute atomic E-state index is 5.27. The molecule has 18 heavy (non-hydrogen) atoms. The molecule has 0 saturated heterocycles. The fourth-order valence-electron chi connectivity index (χ4n) is 1.66. The molecular weight excluding hydrogens is 248 g/mol. The molecule has 0 amide bonds. The maximum Gasteiger partial charge on any atom is 0.261 e. The number of aryl methyl sites for hydroxylation is 2. The predicted molar refractivity (Wildman–Crippen MR) is 70.5 cm³/mol. The third-order valence-corrected chi connectivity index (χ3v) is 3.65. The third kappa shape index (κ3) is 2.94. The summed E-state index contributed by atoms with van der Waals surface area (Å²) in [5.41, 5.74) is 2.24. The van der Waals surface area contributed by atoms with Gasteiger partial charge in [-0.2, -0.15) is 5.10 Å². The van der Waals surface area contributed by atoms with Gasteiger partial charge in [-0.15, -0.1) is 0 Å². The van der Waals surface area contributed by atoms with Gasteiger partial charge in [-0.05, 0) is 18.7 Å². The van der Waals surface area contributed by atoms with Crippen LogP contribution in [-0.2, 0) is 13.6 Å². The van der Waals surface area contributed by atoms with Crippen LogP contribution in [0.15, 0.2) is 27.1 Å². The Morgan fingerprint density at radius 3 is 2.89 bits per heavy atom. The van der Waals surface area contributed by atoms with Crippen molar-refractivity contribution in [3.63, 3.8) is 0 Å². The highest BCUT2D eigenvalue weighted by molar-refractivity contribution is 7.99. The van der Waals surface area contributed by atoms with Crippen LogP contribution >= 0.6 is 11.8 Å². The Morgan fingerprint density at radius 2 is 2.28 bits per heavy atom. The van der Waals surface area contributed by atoms with E-state index in [1.165, 1.54) is 17.3 Å². The van der Waals surface area contributed by atoms with Gasteiger partial charge in [-0.1, -0.05) is 13.8 Å². The Labute approximate surface area is 111 Å². The van der Waals surface area contributed by atoms with Crippen LogP contribution in [0.25, 0.3) is 0 Å². The first kappa shape index (κ1) is 13.2. The number of oxazole rings is 1. The van der Waals surface area contributed by atoms with Gasteiger partial charge in [0.25, 0.3) is 5.22 Å². The second-order valence-electron chi connectivity index (χ2n) is 4.43. The largest absolute Gasteiger partial charge is 0.440 e. The highest BCUT2D eigenvalue weighted by Gasteiger charge is 2.16. The summed E-state index contributed by atoms with van der Waals surface area (Å²) in [5.74, 6) is 0. The molecule has 2 aromatic heterocycles. The van der Waals surface area contributed by atoms with Crippen molar-refractivity contribution in [1.82, 2.24) is 20.1 Å². The lowest BCUT2D eigenvalue weighted by Gasteiger charge is -2.09. The molecule has 0 saturated carbocycles. The van der Waals surface area contributed by atoms with Gasteiger partial charge in [0.05, 0.1) is 11.9 Å². The fourth-order valence-corrected chi connectivity index (χ4v) is 2.56. The summed E-state index contributed by atoms with van der Waals surface area (Å²) in [6.07, 6.45) is 3.23. The molecule has 0 bridgehead atoms. The van der Waals surface area contributed by atoms with Crippen molar-refractivity contribution in [2.75, 3.05) is 0 Å². The van der Waals surface area contributed by atoms with E-state index in [-0.39, 0.29) is 0 Å². The maximum atomic E-state index is 5.27. The summed E-state index contributed by atoms with van der Waals surface area (Å²) in [6.45, 7) is 7.09. The van der Waals surface area contributed by atoms with E-state index in [1.54, 1.807) is 12.5 Å². The summed E-state index contributed by atoms with van der Waals surface area (Å²) >= 11 is 1.50. The molecule has 0 aliphatic rings. The van der Waals surface area contributed by atoms with Crippen molar-refractivity contribution in [2.45, 2.75) is 43.6 Å². The van der Waals surface area contributed by atoms with Crippen LogP contribution < -0.4 is 5.32 Å². The number of nitrogens with one attached hydrogen (secondary N) is 1. The minimum atomic E-state index is 0.448.